The van der Waals surface area contributed by atoms with Gasteiger partial charge in [0.15, 0.2) is 0 Å². The van der Waals surface area contributed by atoms with Gasteiger partial charge in [0, 0.05) is 13.0 Å². The van der Waals surface area contributed by atoms with Crippen molar-refractivity contribution in [2.75, 3.05) is 13.2 Å². The molecule has 66 valence electrons. The maximum absolute atomic E-state index is 10.9. The molecule has 0 rings (SSSR count). The van der Waals surface area contributed by atoms with Crippen molar-refractivity contribution < 1.29 is 14.6 Å². The normalized spacial score (nSPS) is 12.6. The lowest BCUT2D eigenvalue weighted by molar-refractivity contribution is -0.148. The van der Waals surface area contributed by atoms with Gasteiger partial charge in [-0.05, 0) is 6.42 Å². The molecule has 3 nitrogen and oxygen atoms in total. The summed E-state index contributed by atoms with van der Waals surface area (Å²) >= 11 is 0. The van der Waals surface area contributed by atoms with Crippen LogP contribution in [-0.4, -0.2) is 24.3 Å². The van der Waals surface area contributed by atoms with Crippen LogP contribution in [0.3, 0.4) is 0 Å². The van der Waals surface area contributed by atoms with Gasteiger partial charge in [-0.2, -0.15) is 0 Å². The van der Waals surface area contributed by atoms with Crippen LogP contribution < -0.4 is 0 Å². The molecular formula is C8H16O3. The van der Waals surface area contributed by atoms with Crippen LogP contribution in [0.5, 0.6) is 0 Å². The molecule has 0 spiro atoms. The Hall–Kier alpha value is -0.570. The Bertz CT molecular complexity index is 112. The summed E-state index contributed by atoms with van der Waals surface area (Å²) in [7, 11) is 0. The second kappa shape index (κ2) is 6.16. The molecule has 0 aromatic rings. The molecule has 11 heavy (non-hydrogen) atoms. The minimum Gasteiger partial charge on any atom is -0.465 e. The first-order chi connectivity index (χ1) is 5.22. The average Bonchev–Trinajstić information content (AvgIpc) is 2.03. The second-order valence-corrected chi connectivity index (χ2v) is 2.55. The molecule has 0 radical (unpaired) electrons. The lowest BCUT2D eigenvalue weighted by atomic mass is 10.1. The summed E-state index contributed by atoms with van der Waals surface area (Å²) in [5.41, 5.74) is 0. The molecule has 0 bridgehead atoms. The minimum atomic E-state index is -0.166. The molecule has 1 atom stereocenters. The molecule has 0 aromatic heterocycles. The fourth-order valence-electron chi connectivity index (χ4n) is 0.546. The van der Waals surface area contributed by atoms with E-state index in [0.29, 0.717) is 13.0 Å². The second-order valence-electron chi connectivity index (χ2n) is 2.55. The quantitative estimate of drug-likeness (QED) is 0.481. The van der Waals surface area contributed by atoms with Crippen molar-refractivity contribution in [3.63, 3.8) is 0 Å². The summed E-state index contributed by atoms with van der Waals surface area (Å²) in [5, 5.41) is 8.38. The summed E-state index contributed by atoms with van der Waals surface area (Å²) in [6, 6.07) is 0. The summed E-state index contributed by atoms with van der Waals surface area (Å²) in [6.07, 6.45) is 1.33. The van der Waals surface area contributed by atoms with E-state index in [4.69, 9.17) is 9.84 Å². The van der Waals surface area contributed by atoms with E-state index in [1.807, 2.05) is 13.8 Å². The van der Waals surface area contributed by atoms with Gasteiger partial charge in [0.25, 0.3) is 0 Å². The van der Waals surface area contributed by atoms with Crippen molar-refractivity contribution in [3.8, 4) is 0 Å². The zero-order valence-electron chi connectivity index (χ0n) is 7.17. The fourth-order valence-corrected chi connectivity index (χ4v) is 0.546. The smallest absolute Gasteiger partial charge is 0.308 e. The fraction of sp³-hybridized carbons (Fsp3) is 0.875. The third kappa shape index (κ3) is 4.79. The molecule has 0 aliphatic heterocycles. The maximum Gasteiger partial charge on any atom is 0.308 e. The van der Waals surface area contributed by atoms with E-state index < -0.39 is 0 Å². The Balaban J connectivity index is 3.36. The number of aliphatic hydroxyl groups excluding tert-OH is 1. The van der Waals surface area contributed by atoms with Gasteiger partial charge in [0.05, 0.1) is 12.5 Å². The topological polar surface area (TPSA) is 46.5 Å². The monoisotopic (exact) mass is 160 g/mol. The summed E-state index contributed by atoms with van der Waals surface area (Å²) < 4.78 is 4.84. The van der Waals surface area contributed by atoms with Gasteiger partial charge in [-0.15, -0.1) is 0 Å². The predicted octanol–water partition coefficient (Wildman–Crippen LogP) is 0.958. The zero-order valence-corrected chi connectivity index (χ0v) is 7.17. The van der Waals surface area contributed by atoms with Crippen LogP contribution in [-0.2, 0) is 9.53 Å². The predicted molar refractivity (Wildman–Crippen MR) is 42.1 cm³/mol. The van der Waals surface area contributed by atoms with Crippen LogP contribution in [0.4, 0.5) is 0 Å². The van der Waals surface area contributed by atoms with E-state index >= 15 is 0 Å². The van der Waals surface area contributed by atoms with E-state index in [1.54, 1.807) is 0 Å². The minimum absolute atomic E-state index is 0.0197. The Morgan fingerprint density at radius 1 is 1.64 bits per heavy atom. The third-order valence-electron chi connectivity index (χ3n) is 1.56. The number of hydrogen-bond donors (Lipinski definition) is 1. The number of ether oxygens (including phenoxy) is 1. The van der Waals surface area contributed by atoms with Crippen molar-refractivity contribution in [1.29, 1.82) is 0 Å². The largest absolute Gasteiger partial charge is 0.465 e. The molecule has 0 fully saturated rings. The Labute approximate surface area is 67.4 Å². The molecule has 0 saturated heterocycles. The Morgan fingerprint density at radius 2 is 2.27 bits per heavy atom. The van der Waals surface area contributed by atoms with E-state index in [2.05, 4.69) is 0 Å². The first-order valence-corrected chi connectivity index (χ1v) is 3.99. The molecular weight excluding hydrogens is 144 g/mol. The summed E-state index contributed by atoms with van der Waals surface area (Å²) in [6.45, 7) is 4.19. The van der Waals surface area contributed by atoms with Gasteiger partial charge in [-0.1, -0.05) is 13.8 Å². The number of esters is 1. The van der Waals surface area contributed by atoms with Gasteiger partial charge >= 0.3 is 5.97 Å². The van der Waals surface area contributed by atoms with Crippen molar-refractivity contribution in [2.24, 2.45) is 5.92 Å². The highest BCUT2D eigenvalue weighted by atomic mass is 16.5. The highest BCUT2D eigenvalue weighted by Crippen LogP contribution is 2.02. The summed E-state index contributed by atoms with van der Waals surface area (Å²) in [5.74, 6) is -0.186. The molecule has 0 heterocycles. The molecule has 0 aromatic carbocycles. The Kier molecular flexibility index (Phi) is 5.84. The molecule has 1 unspecified atom stereocenters. The lowest BCUT2D eigenvalue weighted by Gasteiger charge is -2.07. The van der Waals surface area contributed by atoms with Crippen LogP contribution in [0.2, 0.25) is 0 Å². The maximum atomic E-state index is 10.9. The lowest BCUT2D eigenvalue weighted by Crippen LogP contribution is -2.14. The van der Waals surface area contributed by atoms with Gasteiger partial charge < -0.3 is 9.84 Å². The third-order valence-corrected chi connectivity index (χ3v) is 1.56. The molecule has 0 aliphatic rings. The van der Waals surface area contributed by atoms with Crippen LogP contribution in [0, 0.1) is 5.92 Å². The zero-order chi connectivity index (χ0) is 8.69. The molecule has 0 aliphatic carbocycles. The Morgan fingerprint density at radius 3 is 2.73 bits per heavy atom. The highest BCUT2D eigenvalue weighted by Gasteiger charge is 2.10. The number of aliphatic hydroxyl groups is 1. The van der Waals surface area contributed by atoms with E-state index in [-0.39, 0.29) is 18.5 Å². The van der Waals surface area contributed by atoms with Crippen molar-refractivity contribution in [3.05, 3.63) is 0 Å². The van der Waals surface area contributed by atoms with E-state index in [9.17, 15) is 4.79 Å². The standard InChI is InChI=1S/C8H16O3/c1-3-7(2)8(10)11-6-4-5-9/h7,9H,3-6H2,1-2H3. The van der Waals surface area contributed by atoms with Crippen LogP contribution in [0.15, 0.2) is 0 Å². The number of carbonyl (C=O) groups is 1. The number of carbonyl (C=O) groups excluding carboxylic acids is 1. The molecule has 0 amide bonds. The first-order valence-electron chi connectivity index (χ1n) is 3.99. The SMILES string of the molecule is CCC(C)C(=O)OCCCO. The van der Waals surface area contributed by atoms with E-state index in [1.165, 1.54) is 0 Å². The highest BCUT2D eigenvalue weighted by molar-refractivity contribution is 5.71. The number of rotatable bonds is 5. The van der Waals surface area contributed by atoms with Crippen LogP contribution in [0.25, 0.3) is 0 Å². The number of hydrogen-bond acceptors (Lipinski definition) is 3. The van der Waals surface area contributed by atoms with Gasteiger partial charge in [-0.25, -0.2) is 0 Å². The van der Waals surface area contributed by atoms with Crippen LogP contribution >= 0.6 is 0 Å². The van der Waals surface area contributed by atoms with Crippen molar-refractivity contribution >= 4 is 5.97 Å². The van der Waals surface area contributed by atoms with Crippen molar-refractivity contribution in [1.82, 2.24) is 0 Å². The van der Waals surface area contributed by atoms with Crippen LogP contribution in [0.1, 0.15) is 26.7 Å². The van der Waals surface area contributed by atoms with E-state index in [0.717, 1.165) is 6.42 Å². The first kappa shape index (κ1) is 10.4. The van der Waals surface area contributed by atoms with Crippen molar-refractivity contribution in [2.45, 2.75) is 26.7 Å². The average molecular weight is 160 g/mol. The van der Waals surface area contributed by atoms with Gasteiger partial charge in [0.1, 0.15) is 0 Å². The van der Waals surface area contributed by atoms with Gasteiger partial charge in [-0.3, -0.25) is 4.79 Å². The molecule has 0 saturated carbocycles. The molecule has 3 heteroatoms. The summed E-state index contributed by atoms with van der Waals surface area (Å²) in [4.78, 5) is 10.9. The van der Waals surface area contributed by atoms with Gasteiger partial charge in [0.2, 0.25) is 0 Å². The molecule has 1 N–H and O–H groups in total.